The van der Waals surface area contributed by atoms with E-state index in [1.54, 1.807) is 19.2 Å². The molecule has 1 aromatic carbocycles. The first-order valence-electron chi connectivity index (χ1n) is 9.66. The van der Waals surface area contributed by atoms with E-state index >= 15 is 0 Å². The average Bonchev–Trinajstić information content (AvgIpc) is 3.36. The first-order valence-corrected chi connectivity index (χ1v) is 10.0. The van der Waals surface area contributed by atoms with Crippen molar-refractivity contribution >= 4 is 17.6 Å². The number of nitrogens with one attached hydrogen (secondary N) is 2. The number of guanidine groups is 1. The summed E-state index contributed by atoms with van der Waals surface area (Å²) in [5, 5.41) is 7.35. The quantitative estimate of drug-likeness (QED) is 0.500. The third-order valence-corrected chi connectivity index (χ3v) is 5.43. The molecule has 0 saturated heterocycles. The van der Waals surface area contributed by atoms with Crippen LogP contribution in [0.15, 0.2) is 23.2 Å². The molecule has 0 aliphatic heterocycles. The van der Waals surface area contributed by atoms with E-state index in [0.29, 0.717) is 16.6 Å². The van der Waals surface area contributed by atoms with Crippen LogP contribution in [0.5, 0.6) is 0 Å². The van der Waals surface area contributed by atoms with Crippen LogP contribution in [-0.2, 0) is 0 Å². The molecule has 1 aliphatic carbocycles. The number of halogens is 2. The van der Waals surface area contributed by atoms with Gasteiger partial charge in [0.05, 0.1) is 0 Å². The van der Waals surface area contributed by atoms with E-state index in [4.69, 9.17) is 11.6 Å². The Kier molecular flexibility index (Phi) is 8.16. The molecule has 6 heteroatoms. The predicted molar refractivity (Wildman–Crippen MR) is 109 cm³/mol. The second-order valence-corrected chi connectivity index (χ2v) is 7.42. The Labute approximate surface area is 162 Å². The van der Waals surface area contributed by atoms with Gasteiger partial charge in [-0.3, -0.25) is 4.99 Å². The van der Waals surface area contributed by atoms with Crippen molar-refractivity contribution in [3.8, 4) is 0 Å². The minimum Gasteiger partial charge on any atom is -0.354 e. The lowest BCUT2D eigenvalue weighted by atomic mass is 10.1. The molecule has 3 atom stereocenters. The standard InChI is InChI=1S/C20H32ClFN4/c1-5-26(6-2)12-8-9-14(3)24-20(23-4)25-18-13-15(18)19-16(21)10-7-11-17(19)22/h7,10-11,14-15,18H,5-6,8-9,12-13H2,1-4H3,(H2,23,24,25). The molecule has 0 bridgehead atoms. The van der Waals surface area contributed by atoms with E-state index < -0.39 is 0 Å². The summed E-state index contributed by atoms with van der Waals surface area (Å²) in [5.74, 6) is 0.667. The molecule has 146 valence electrons. The molecule has 0 radical (unpaired) electrons. The van der Waals surface area contributed by atoms with E-state index in [1.165, 1.54) is 6.07 Å². The topological polar surface area (TPSA) is 39.7 Å². The lowest BCUT2D eigenvalue weighted by molar-refractivity contribution is 0.292. The normalized spacial score (nSPS) is 21.0. The van der Waals surface area contributed by atoms with Crippen molar-refractivity contribution in [2.75, 3.05) is 26.7 Å². The highest BCUT2D eigenvalue weighted by atomic mass is 35.5. The SMILES string of the molecule is CCN(CC)CCCC(C)NC(=NC)NC1CC1c1c(F)cccc1Cl. The molecule has 0 amide bonds. The van der Waals surface area contributed by atoms with Gasteiger partial charge in [-0.05, 0) is 58.0 Å². The lowest BCUT2D eigenvalue weighted by Gasteiger charge is -2.21. The second kappa shape index (κ2) is 10.1. The molecule has 4 nitrogen and oxygen atoms in total. The van der Waals surface area contributed by atoms with Gasteiger partial charge in [0.1, 0.15) is 5.82 Å². The average molecular weight is 383 g/mol. The summed E-state index contributed by atoms with van der Waals surface area (Å²) in [6.45, 7) is 9.90. The maximum absolute atomic E-state index is 14.0. The van der Waals surface area contributed by atoms with Gasteiger partial charge in [0.25, 0.3) is 0 Å². The molecule has 0 spiro atoms. The molecular weight excluding hydrogens is 351 g/mol. The number of nitrogens with zero attached hydrogens (tertiary/aromatic N) is 2. The highest BCUT2D eigenvalue weighted by Gasteiger charge is 2.42. The van der Waals surface area contributed by atoms with Gasteiger partial charge < -0.3 is 15.5 Å². The Balaban J connectivity index is 1.78. The van der Waals surface area contributed by atoms with Crippen molar-refractivity contribution in [2.45, 2.75) is 58.0 Å². The fourth-order valence-corrected chi connectivity index (χ4v) is 3.65. The molecule has 0 heterocycles. The summed E-state index contributed by atoms with van der Waals surface area (Å²) in [5.41, 5.74) is 0.620. The Bertz CT molecular complexity index is 583. The molecule has 26 heavy (non-hydrogen) atoms. The molecule has 3 unspecified atom stereocenters. The highest BCUT2D eigenvalue weighted by molar-refractivity contribution is 6.31. The summed E-state index contributed by atoms with van der Waals surface area (Å²) in [6, 6.07) is 5.39. The van der Waals surface area contributed by atoms with E-state index in [0.717, 1.165) is 44.9 Å². The number of rotatable bonds is 9. The zero-order valence-corrected chi connectivity index (χ0v) is 17.1. The molecule has 1 aromatic rings. The van der Waals surface area contributed by atoms with Crippen LogP contribution in [-0.4, -0.2) is 49.6 Å². The van der Waals surface area contributed by atoms with Gasteiger partial charge in [0, 0.05) is 35.6 Å². The van der Waals surface area contributed by atoms with Gasteiger partial charge in [-0.2, -0.15) is 0 Å². The Morgan fingerprint density at radius 3 is 2.73 bits per heavy atom. The maximum atomic E-state index is 14.0. The molecule has 1 fully saturated rings. The van der Waals surface area contributed by atoms with Crippen LogP contribution in [0.4, 0.5) is 4.39 Å². The van der Waals surface area contributed by atoms with Crippen LogP contribution < -0.4 is 10.6 Å². The molecule has 1 aliphatic rings. The van der Waals surface area contributed by atoms with Gasteiger partial charge in [0.15, 0.2) is 5.96 Å². The molecular formula is C20H32ClFN4. The number of hydrogen-bond acceptors (Lipinski definition) is 2. The van der Waals surface area contributed by atoms with Crippen molar-refractivity contribution < 1.29 is 4.39 Å². The molecule has 2 N–H and O–H groups in total. The van der Waals surface area contributed by atoms with E-state index in [1.807, 2.05) is 0 Å². The first-order chi connectivity index (χ1) is 12.5. The van der Waals surface area contributed by atoms with Crippen molar-refractivity contribution in [2.24, 2.45) is 4.99 Å². The van der Waals surface area contributed by atoms with Crippen molar-refractivity contribution in [3.05, 3.63) is 34.6 Å². The Morgan fingerprint density at radius 2 is 2.12 bits per heavy atom. The summed E-state index contributed by atoms with van der Waals surface area (Å²) in [7, 11) is 1.77. The Morgan fingerprint density at radius 1 is 1.38 bits per heavy atom. The van der Waals surface area contributed by atoms with Crippen molar-refractivity contribution in [1.29, 1.82) is 0 Å². The lowest BCUT2D eigenvalue weighted by Crippen LogP contribution is -2.43. The highest BCUT2D eigenvalue weighted by Crippen LogP contribution is 2.44. The second-order valence-electron chi connectivity index (χ2n) is 7.02. The number of hydrogen-bond donors (Lipinski definition) is 2. The largest absolute Gasteiger partial charge is 0.354 e. The zero-order valence-electron chi connectivity index (χ0n) is 16.4. The minimum absolute atomic E-state index is 0.111. The summed E-state index contributed by atoms with van der Waals surface area (Å²) < 4.78 is 14.0. The van der Waals surface area contributed by atoms with Crippen LogP contribution >= 0.6 is 11.6 Å². The monoisotopic (exact) mass is 382 g/mol. The molecule has 0 aromatic heterocycles. The van der Waals surface area contributed by atoms with Crippen LogP contribution in [0.3, 0.4) is 0 Å². The summed E-state index contributed by atoms with van der Waals surface area (Å²) in [4.78, 5) is 6.75. The first kappa shape index (κ1) is 21.0. The Hall–Kier alpha value is -1.33. The van der Waals surface area contributed by atoms with Crippen LogP contribution in [0.1, 0.15) is 51.5 Å². The third kappa shape index (κ3) is 5.85. The molecule has 1 saturated carbocycles. The maximum Gasteiger partial charge on any atom is 0.191 e. The van der Waals surface area contributed by atoms with Crippen LogP contribution in [0.25, 0.3) is 0 Å². The number of aliphatic imine (C=N–C) groups is 1. The van der Waals surface area contributed by atoms with Crippen molar-refractivity contribution in [1.82, 2.24) is 15.5 Å². The molecule has 2 rings (SSSR count). The predicted octanol–water partition coefficient (Wildman–Crippen LogP) is 4.01. The third-order valence-electron chi connectivity index (χ3n) is 5.10. The van der Waals surface area contributed by atoms with Gasteiger partial charge in [-0.25, -0.2) is 4.39 Å². The fraction of sp³-hybridized carbons (Fsp3) is 0.650. The van der Waals surface area contributed by atoms with Gasteiger partial charge >= 0.3 is 0 Å². The minimum atomic E-state index is -0.223. The number of benzene rings is 1. The zero-order chi connectivity index (χ0) is 19.1. The smallest absolute Gasteiger partial charge is 0.191 e. The van der Waals surface area contributed by atoms with Crippen molar-refractivity contribution in [3.63, 3.8) is 0 Å². The van der Waals surface area contributed by atoms with E-state index in [-0.39, 0.29) is 17.8 Å². The van der Waals surface area contributed by atoms with E-state index in [9.17, 15) is 4.39 Å². The van der Waals surface area contributed by atoms with Gasteiger partial charge in [0.2, 0.25) is 0 Å². The van der Waals surface area contributed by atoms with E-state index in [2.05, 4.69) is 41.3 Å². The van der Waals surface area contributed by atoms with Gasteiger partial charge in [-0.15, -0.1) is 0 Å². The summed E-state index contributed by atoms with van der Waals surface area (Å²) >= 11 is 6.17. The van der Waals surface area contributed by atoms with Crippen LogP contribution in [0.2, 0.25) is 5.02 Å². The van der Waals surface area contributed by atoms with Gasteiger partial charge in [-0.1, -0.05) is 31.5 Å². The fourth-order valence-electron chi connectivity index (χ4n) is 3.35. The van der Waals surface area contributed by atoms with Crippen LogP contribution in [0, 0.1) is 5.82 Å². The summed E-state index contributed by atoms with van der Waals surface area (Å²) in [6.07, 6.45) is 3.12.